The third-order valence-electron chi connectivity index (χ3n) is 6.14. The third kappa shape index (κ3) is 2.96. The highest BCUT2D eigenvalue weighted by Gasteiger charge is 2.25. The van der Waals surface area contributed by atoms with Crippen molar-refractivity contribution in [3.8, 4) is 11.4 Å². The lowest BCUT2D eigenvalue weighted by Crippen LogP contribution is -2.37. The van der Waals surface area contributed by atoms with E-state index in [-0.39, 0.29) is 17.5 Å². The van der Waals surface area contributed by atoms with Crippen molar-refractivity contribution in [2.45, 2.75) is 18.9 Å². The van der Waals surface area contributed by atoms with Crippen molar-refractivity contribution in [1.29, 1.82) is 0 Å². The van der Waals surface area contributed by atoms with Crippen LogP contribution in [-0.2, 0) is 0 Å². The highest BCUT2D eigenvalue weighted by molar-refractivity contribution is 5.75. The van der Waals surface area contributed by atoms with Crippen LogP contribution >= 0.6 is 0 Å². The van der Waals surface area contributed by atoms with Crippen molar-refractivity contribution in [3.63, 3.8) is 0 Å². The number of fused-ring (bicyclic) bond motifs is 2. The minimum absolute atomic E-state index is 0.0665. The number of rotatable bonds is 3. The Hall–Kier alpha value is -4.01. The quantitative estimate of drug-likeness (QED) is 0.475. The lowest BCUT2D eigenvalue weighted by molar-refractivity contribution is 0.394. The molecule has 0 unspecified atom stereocenters. The lowest BCUT2D eigenvalue weighted by atomic mass is 10.0. The van der Waals surface area contributed by atoms with E-state index in [1.807, 2.05) is 41.0 Å². The number of benzene rings is 2. The molecule has 8 nitrogen and oxygen atoms in total. The van der Waals surface area contributed by atoms with Gasteiger partial charge >= 0.3 is 5.69 Å². The van der Waals surface area contributed by atoms with Crippen LogP contribution in [0.25, 0.3) is 28.1 Å². The molecular formula is C23H20FN7O. The Morgan fingerprint density at radius 1 is 0.938 bits per heavy atom. The largest absolute Gasteiger partial charge is 0.355 e. The Balaban J connectivity index is 1.28. The fourth-order valence-electron chi connectivity index (χ4n) is 4.55. The topological polar surface area (TPSA) is 84.1 Å². The van der Waals surface area contributed by atoms with Crippen LogP contribution in [0, 0.1) is 5.82 Å². The maximum absolute atomic E-state index is 14.3. The van der Waals surface area contributed by atoms with Gasteiger partial charge in [-0.1, -0.05) is 24.3 Å². The molecule has 1 N–H and O–H groups in total. The second-order valence-corrected chi connectivity index (χ2v) is 8.00. The van der Waals surface area contributed by atoms with Crippen molar-refractivity contribution in [1.82, 2.24) is 29.4 Å². The van der Waals surface area contributed by atoms with E-state index in [9.17, 15) is 9.18 Å². The summed E-state index contributed by atoms with van der Waals surface area (Å²) >= 11 is 0. The highest BCUT2D eigenvalue weighted by atomic mass is 19.1. The molecule has 0 amide bonds. The van der Waals surface area contributed by atoms with Crippen LogP contribution < -0.4 is 10.6 Å². The first-order chi connectivity index (χ1) is 15.7. The van der Waals surface area contributed by atoms with Gasteiger partial charge in [-0.15, -0.1) is 15.3 Å². The van der Waals surface area contributed by atoms with Crippen LogP contribution in [-0.4, -0.2) is 42.5 Å². The monoisotopic (exact) mass is 429 g/mol. The molecule has 4 heterocycles. The molecule has 1 aliphatic rings. The minimum Gasteiger partial charge on any atom is -0.355 e. The second kappa shape index (κ2) is 7.30. The Morgan fingerprint density at radius 3 is 2.56 bits per heavy atom. The van der Waals surface area contributed by atoms with E-state index in [1.54, 1.807) is 22.7 Å². The molecule has 0 atom stereocenters. The van der Waals surface area contributed by atoms with E-state index >= 15 is 0 Å². The Morgan fingerprint density at radius 2 is 1.72 bits per heavy atom. The van der Waals surface area contributed by atoms with Gasteiger partial charge in [-0.05, 0) is 49.2 Å². The molecule has 0 spiro atoms. The number of halogens is 1. The van der Waals surface area contributed by atoms with Crippen LogP contribution in [0.4, 0.5) is 10.2 Å². The number of hydrogen-bond donors (Lipinski definition) is 1. The molecule has 160 valence electrons. The fourth-order valence-corrected chi connectivity index (χ4v) is 4.55. The average Bonchev–Trinajstić information content (AvgIpc) is 3.39. The van der Waals surface area contributed by atoms with E-state index in [0.29, 0.717) is 17.0 Å². The zero-order valence-corrected chi connectivity index (χ0v) is 17.1. The van der Waals surface area contributed by atoms with Crippen LogP contribution in [0.15, 0.2) is 65.5 Å². The number of aromatic nitrogens is 6. The molecule has 2 aromatic carbocycles. The summed E-state index contributed by atoms with van der Waals surface area (Å²) in [5.74, 6) is 0.791. The summed E-state index contributed by atoms with van der Waals surface area (Å²) in [6.45, 7) is 1.51. The molecule has 9 heteroatoms. The number of hydrogen-bond acceptors (Lipinski definition) is 5. The molecule has 0 bridgehead atoms. The molecule has 6 rings (SSSR count). The third-order valence-corrected chi connectivity index (χ3v) is 6.14. The molecule has 1 fully saturated rings. The van der Waals surface area contributed by atoms with Crippen LogP contribution in [0.5, 0.6) is 0 Å². The van der Waals surface area contributed by atoms with Crippen LogP contribution in [0.3, 0.4) is 0 Å². The standard InChI is InChI=1S/C23H20FN7O/c24-17-6-2-1-5-16(17)22-27-26-20-9-10-21(28-31(20)22)29-13-11-15(12-14-29)30-19-8-4-3-7-18(19)25-23(30)32/h1-10,15H,11-14H2,(H,25,32). The van der Waals surface area contributed by atoms with E-state index in [0.717, 1.165) is 42.8 Å². The molecule has 5 aromatic rings. The molecule has 0 radical (unpaired) electrons. The number of para-hydroxylation sites is 2. The van der Waals surface area contributed by atoms with Crippen molar-refractivity contribution < 1.29 is 4.39 Å². The van der Waals surface area contributed by atoms with Gasteiger partial charge in [0.15, 0.2) is 11.5 Å². The molecule has 1 aliphatic heterocycles. The number of nitrogens with zero attached hydrogens (tertiary/aromatic N) is 6. The number of aromatic amines is 1. The first kappa shape index (κ1) is 18.7. The van der Waals surface area contributed by atoms with Gasteiger partial charge in [-0.3, -0.25) is 4.57 Å². The molecule has 1 saturated heterocycles. The van der Waals surface area contributed by atoms with Crippen LogP contribution in [0.2, 0.25) is 0 Å². The molecular weight excluding hydrogens is 409 g/mol. The van der Waals surface area contributed by atoms with Gasteiger partial charge in [0.2, 0.25) is 0 Å². The van der Waals surface area contributed by atoms with E-state index in [1.165, 1.54) is 6.07 Å². The van der Waals surface area contributed by atoms with Gasteiger partial charge in [0, 0.05) is 19.1 Å². The molecule has 3 aromatic heterocycles. The Labute approximate surface area is 181 Å². The van der Waals surface area contributed by atoms with Crippen LogP contribution in [0.1, 0.15) is 18.9 Å². The van der Waals surface area contributed by atoms with Crippen molar-refractivity contribution in [2.24, 2.45) is 0 Å². The fraction of sp³-hybridized carbons (Fsp3) is 0.217. The number of piperidine rings is 1. The predicted molar refractivity (Wildman–Crippen MR) is 119 cm³/mol. The summed E-state index contributed by atoms with van der Waals surface area (Å²) in [6.07, 6.45) is 1.65. The zero-order chi connectivity index (χ0) is 21.7. The highest BCUT2D eigenvalue weighted by Crippen LogP contribution is 2.28. The molecule has 0 aliphatic carbocycles. The normalized spacial score (nSPS) is 15.1. The maximum atomic E-state index is 14.3. The Kier molecular flexibility index (Phi) is 4.27. The lowest BCUT2D eigenvalue weighted by Gasteiger charge is -2.33. The van der Waals surface area contributed by atoms with Crippen molar-refractivity contribution >= 4 is 22.5 Å². The maximum Gasteiger partial charge on any atom is 0.326 e. The molecule has 32 heavy (non-hydrogen) atoms. The number of nitrogens with one attached hydrogen (secondary N) is 1. The summed E-state index contributed by atoms with van der Waals surface area (Å²) in [5, 5.41) is 13.0. The summed E-state index contributed by atoms with van der Waals surface area (Å²) < 4.78 is 17.8. The number of imidazole rings is 1. The number of anilines is 1. The summed E-state index contributed by atoms with van der Waals surface area (Å²) in [7, 11) is 0. The smallest absolute Gasteiger partial charge is 0.326 e. The van der Waals surface area contributed by atoms with Gasteiger partial charge < -0.3 is 9.88 Å². The first-order valence-electron chi connectivity index (χ1n) is 10.6. The minimum atomic E-state index is -0.362. The molecule has 0 saturated carbocycles. The van der Waals surface area contributed by atoms with Gasteiger partial charge in [-0.2, -0.15) is 4.52 Å². The summed E-state index contributed by atoms with van der Waals surface area (Å²) in [4.78, 5) is 17.7. The zero-order valence-electron chi connectivity index (χ0n) is 17.1. The van der Waals surface area contributed by atoms with Gasteiger partial charge in [0.05, 0.1) is 16.6 Å². The Bertz CT molecular complexity index is 1490. The summed E-state index contributed by atoms with van der Waals surface area (Å²) in [5.41, 5.74) is 2.66. The van der Waals surface area contributed by atoms with E-state index in [2.05, 4.69) is 20.1 Å². The van der Waals surface area contributed by atoms with Gasteiger partial charge in [0.1, 0.15) is 11.6 Å². The number of H-pyrrole nitrogens is 1. The van der Waals surface area contributed by atoms with Crippen molar-refractivity contribution in [3.05, 3.63) is 77.0 Å². The van der Waals surface area contributed by atoms with E-state index < -0.39 is 0 Å². The van der Waals surface area contributed by atoms with Gasteiger partial charge in [0.25, 0.3) is 0 Å². The van der Waals surface area contributed by atoms with E-state index in [4.69, 9.17) is 5.10 Å². The predicted octanol–water partition coefficient (Wildman–Crippen LogP) is 3.41. The van der Waals surface area contributed by atoms with Crippen molar-refractivity contribution in [2.75, 3.05) is 18.0 Å². The first-order valence-corrected chi connectivity index (χ1v) is 10.6. The second-order valence-electron chi connectivity index (χ2n) is 8.00. The summed E-state index contributed by atoms with van der Waals surface area (Å²) in [6, 6.07) is 18.1. The SMILES string of the molecule is O=c1[nH]c2ccccc2n1C1CCN(c2ccc3nnc(-c4ccccc4F)n3n2)CC1. The van der Waals surface area contributed by atoms with Gasteiger partial charge in [-0.25, -0.2) is 9.18 Å². The average molecular weight is 429 g/mol.